The van der Waals surface area contributed by atoms with E-state index in [0.717, 1.165) is 33.5 Å². The second-order valence-corrected chi connectivity index (χ2v) is 11.7. The Kier molecular flexibility index (Phi) is 5.07. The maximum Gasteiger partial charge on any atom is 0.0150 e. The van der Waals surface area contributed by atoms with Crippen molar-refractivity contribution in [2.75, 3.05) is 0 Å². The number of hydrogen-bond donors (Lipinski definition) is 0. The largest absolute Gasteiger partial charge is 0.0847 e. The van der Waals surface area contributed by atoms with Crippen molar-refractivity contribution in [3.63, 3.8) is 0 Å². The third-order valence-corrected chi connectivity index (χ3v) is 9.78. The maximum absolute atomic E-state index is 2.76. The molecule has 0 heterocycles. The van der Waals surface area contributed by atoms with Gasteiger partial charge in [0, 0.05) is 3.92 Å². The van der Waals surface area contributed by atoms with Gasteiger partial charge in [0.2, 0.25) is 0 Å². The molecule has 0 amide bonds. The predicted octanol–water partition coefficient (Wildman–Crippen LogP) is 7.62. The first-order chi connectivity index (χ1) is 12.3. The highest BCUT2D eigenvalue weighted by atomic mass is 127. The molecule has 0 nitrogen and oxygen atoms in total. The summed E-state index contributed by atoms with van der Waals surface area (Å²) in [6, 6.07) is 0. The van der Waals surface area contributed by atoms with E-state index < -0.39 is 0 Å². The van der Waals surface area contributed by atoms with Crippen molar-refractivity contribution < 1.29 is 0 Å². The molecule has 0 radical (unpaired) electrons. The number of rotatable bonds is 1. The summed E-state index contributed by atoms with van der Waals surface area (Å²) < 4.78 is 0.924. The Hall–Kier alpha value is 0.210. The van der Waals surface area contributed by atoms with Gasteiger partial charge in [-0.3, -0.25) is 0 Å². The SMILES string of the molecule is IC1CCC2=C(CCC(C3=CCC4C(CC[C@H]5CCCCC45)C3)C2)C1. The van der Waals surface area contributed by atoms with Gasteiger partial charge in [-0.25, -0.2) is 0 Å². The number of halogens is 1. The minimum atomic E-state index is 0.924. The Balaban J connectivity index is 1.28. The Morgan fingerprint density at radius 3 is 2.48 bits per heavy atom. The second-order valence-electron chi connectivity index (χ2n) is 9.92. The molecule has 5 aliphatic carbocycles. The molecule has 0 aromatic carbocycles. The molecule has 6 atom stereocenters. The zero-order chi connectivity index (χ0) is 16.8. The van der Waals surface area contributed by atoms with Gasteiger partial charge in [-0.2, -0.15) is 0 Å². The molecule has 0 spiro atoms. The van der Waals surface area contributed by atoms with Crippen LogP contribution in [0.2, 0.25) is 0 Å². The van der Waals surface area contributed by atoms with Crippen LogP contribution < -0.4 is 0 Å². The zero-order valence-corrected chi connectivity index (χ0v) is 18.0. The molecule has 0 aliphatic heterocycles. The summed E-state index contributed by atoms with van der Waals surface area (Å²) in [7, 11) is 0. The quantitative estimate of drug-likeness (QED) is 0.219. The highest BCUT2D eigenvalue weighted by Gasteiger charge is 2.42. The molecule has 5 rings (SSSR count). The smallest absolute Gasteiger partial charge is 0.0150 e. The van der Waals surface area contributed by atoms with E-state index in [0.29, 0.717) is 0 Å². The van der Waals surface area contributed by atoms with E-state index >= 15 is 0 Å². The Morgan fingerprint density at radius 2 is 1.52 bits per heavy atom. The molecule has 2 fully saturated rings. The molecule has 0 saturated heterocycles. The molecule has 1 heteroatoms. The number of fused-ring (bicyclic) bond motifs is 3. The van der Waals surface area contributed by atoms with E-state index in [1.807, 2.05) is 16.7 Å². The van der Waals surface area contributed by atoms with Gasteiger partial charge in [0.25, 0.3) is 0 Å². The average molecular weight is 450 g/mol. The Morgan fingerprint density at radius 1 is 0.720 bits per heavy atom. The van der Waals surface area contributed by atoms with Crippen molar-refractivity contribution in [3.05, 3.63) is 22.8 Å². The third kappa shape index (κ3) is 3.41. The van der Waals surface area contributed by atoms with Crippen LogP contribution in [-0.4, -0.2) is 3.92 Å². The Labute approximate surface area is 168 Å². The molecular formula is C24H35I. The first kappa shape index (κ1) is 17.3. The van der Waals surface area contributed by atoms with Gasteiger partial charge in [-0.1, -0.05) is 64.6 Å². The summed E-state index contributed by atoms with van der Waals surface area (Å²) in [5, 5.41) is 0. The predicted molar refractivity (Wildman–Crippen MR) is 115 cm³/mol. The van der Waals surface area contributed by atoms with Crippen LogP contribution in [0, 0.1) is 29.6 Å². The molecule has 5 unspecified atom stereocenters. The van der Waals surface area contributed by atoms with Crippen molar-refractivity contribution in [1.29, 1.82) is 0 Å². The molecule has 138 valence electrons. The van der Waals surface area contributed by atoms with E-state index in [-0.39, 0.29) is 0 Å². The Bertz CT molecular complexity index is 571. The van der Waals surface area contributed by atoms with Crippen molar-refractivity contribution in [2.24, 2.45) is 29.6 Å². The topological polar surface area (TPSA) is 0 Å². The van der Waals surface area contributed by atoms with Crippen LogP contribution in [0.25, 0.3) is 0 Å². The molecule has 5 aliphatic rings. The van der Waals surface area contributed by atoms with E-state index in [1.165, 1.54) is 64.2 Å². The lowest BCUT2D eigenvalue weighted by Gasteiger charge is -2.48. The molecule has 25 heavy (non-hydrogen) atoms. The van der Waals surface area contributed by atoms with Crippen molar-refractivity contribution in [2.45, 2.75) is 93.8 Å². The van der Waals surface area contributed by atoms with Gasteiger partial charge >= 0.3 is 0 Å². The maximum atomic E-state index is 2.76. The zero-order valence-electron chi connectivity index (χ0n) is 15.8. The summed E-state index contributed by atoms with van der Waals surface area (Å²) >= 11 is 2.68. The van der Waals surface area contributed by atoms with E-state index in [2.05, 4.69) is 28.7 Å². The van der Waals surface area contributed by atoms with E-state index in [1.54, 1.807) is 25.7 Å². The van der Waals surface area contributed by atoms with Gasteiger partial charge in [0.15, 0.2) is 0 Å². The van der Waals surface area contributed by atoms with Gasteiger partial charge < -0.3 is 0 Å². The van der Waals surface area contributed by atoms with Crippen molar-refractivity contribution in [3.8, 4) is 0 Å². The van der Waals surface area contributed by atoms with Crippen LogP contribution in [0.1, 0.15) is 89.9 Å². The summed E-state index contributed by atoms with van der Waals surface area (Å²) in [5.74, 6) is 5.26. The van der Waals surface area contributed by atoms with Crippen LogP contribution in [0.5, 0.6) is 0 Å². The molecule has 0 bridgehead atoms. The minimum Gasteiger partial charge on any atom is -0.0847 e. The van der Waals surface area contributed by atoms with Crippen LogP contribution >= 0.6 is 22.6 Å². The third-order valence-electron chi connectivity index (χ3n) is 8.72. The van der Waals surface area contributed by atoms with Crippen molar-refractivity contribution in [1.82, 2.24) is 0 Å². The highest BCUT2D eigenvalue weighted by Crippen LogP contribution is 2.53. The summed E-state index contributed by atoms with van der Waals surface area (Å²) in [6.07, 6.45) is 23.6. The lowest BCUT2D eigenvalue weighted by Crippen LogP contribution is -2.38. The molecule has 0 N–H and O–H groups in total. The molecule has 0 aromatic rings. The van der Waals surface area contributed by atoms with Crippen molar-refractivity contribution >= 4 is 22.6 Å². The van der Waals surface area contributed by atoms with Crippen LogP contribution in [-0.2, 0) is 0 Å². The van der Waals surface area contributed by atoms with Gasteiger partial charge in [0.05, 0.1) is 0 Å². The molecule has 2 saturated carbocycles. The standard InChI is InChI=1S/C24H35I/c25-22-11-9-18-13-17(6-7-20(18)15-22)19-10-12-24-21(14-19)8-5-16-3-1-2-4-23(16)24/h10,16-17,21-24H,1-9,11-15H2/t16-,17?,21?,22?,23?,24?/m1/s1. The minimum absolute atomic E-state index is 0.924. The molecule has 0 aromatic heterocycles. The summed E-state index contributed by atoms with van der Waals surface area (Å²) in [6.45, 7) is 0. The first-order valence-electron chi connectivity index (χ1n) is 11.3. The normalized spacial score (nSPS) is 44.4. The van der Waals surface area contributed by atoms with Gasteiger partial charge in [0.1, 0.15) is 0 Å². The average Bonchev–Trinajstić information content (AvgIpc) is 2.67. The lowest BCUT2D eigenvalue weighted by molar-refractivity contribution is 0.0494. The lowest BCUT2D eigenvalue weighted by atomic mass is 9.57. The fourth-order valence-electron chi connectivity index (χ4n) is 7.39. The van der Waals surface area contributed by atoms with E-state index in [9.17, 15) is 0 Å². The van der Waals surface area contributed by atoms with Crippen LogP contribution in [0.3, 0.4) is 0 Å². The van der Waals surface area contributed by atoms with E-state index in [4.69, 9.17) is 0 Å². The van der Waals surface area contributed by atoms with Crippen LogP contribution in [0.15, 0.2) is 22.8 Å². The molecular weight excluding hydrogens is 415 g/mol. The summed E-state index contributed by atoms with van der Waals surface area (Å²) in [4.78, 5) is 0. The number of hydrogen-bond acceptors (Lipinski definition) is 0. The number of alkyl halides is 1. The number of allylic oxidation sites excluding steroid dienone is 4. The summed E-state index contributed by atoms with van der Waals surface area (Å²) in [5.41, 5.74) is 5.67. The highest BCUT2D eigenvalue weighted by molar-refractivity contribution is 14.1. The second kappa shape index (κ2) is 7.32. The van der Waals surface area contributed by atoms with Gasteiger partial charge in [-0.05, 0) is 100 Å². The first-order valence-corrected chi connectivity index (χ1v) is 12.5. The fraction of sp³-hybridized carbons (Fsp3) is 0.833. The van der Waals surface area contributed by atoms with Crippen LogP contribution in [0.4, 0.5) is 0 Å². The monoisotopic (exact) mass is 450 g/mol. The fourth-order valence-corrected chi connectivity index (χ4v) is 8.23. The van der Waals surface area contributed by atoms with Gasteiger partial charge in [-0.15, -0.1) is 0 Å².